The van der Waals surface area contributed by atoms with Crippen LogP contribution in [-0.4, -0.2) is 52.6 Å². The molecule has 0 fully saturated rings. The third-order valence-electron chi connectivity index (χ3n) is 5.16. The molecule has 34 heavy (non-hydrogen) atoms. The number of amides is 1. The van der Waals surface area contributed by atoms with Crippen LogP contribution in [0.5, 0.6) is 0 Å². The maximum Gasteiger partial charge on any atom is 0.339 e. The van der Waals surface area contributed by atoms with Crippen molar-refractivity contribution in [3.8, 4) is 11.4 Å². The lowest BCUT2D eigenvalue weighted by Crippen LogP contribution is -2.18. The van der Waals surface area contributed by atoms with E-state index in [4.69, 9.17) is 9.47 Å². The predicted molar refractivity (Wildman–Crippen MR) is 132 cm³/mol. The van der Waals surface area contributed by atoms with Gasteiger partial charge in [-0.15, -0.1) is 21.5 Å². The molecule has 0 bridgehead atoms. The molecule has 0 unspecified atom stereocenters. The summed E-state index contributed by atoms with van der Waals surface area (Å²) in [6, 6.07) is 4.31. The van der Waals surface area contributed by atoms with Gasteiger partial charge in [0.1, 0.15) is 0 Å². The predicted octanol–water partition coefficient (Wildman–Crippen LogP) is 4.51. The van der Waals surface area contributed by atoms with Gasteiger partial charge in [-0.3, -0.25) is 9.36 Å². The Balaban J connectivity index is 1.81. The third-order valence-corrected chi connectivity index (χ3v) is 7.12. The van der Waals surface area contributed by atoms with Gasteiger partial charge in [0.25, 0.3) is 0 Å². The van der Waals surface area contributed by atoms with Gasteiger partial charge in [-0.05, 0) is 51.5 Å². The highest BCUT2D eigenvalue weighted by Gasteiger charge is 2.21. The number of thioether (sulfide) groups is 1. The second kappa shape index (κ2) is 10.8. The maximum atomic E-state index is 12.8. The minimum atomic E-state index is -0.634. The fourth-order valence-corrected chi connectivity index (χ4v) is 4.99. The lowest BCUT2D eigenvalue weighted by Gasteiger charge is -2.14. The first-order valence-electron chi connectivity index (χ1n) is 10.4. The Bertz CT molecular complexity index is 1230. The normalized spacial score (nSPS) is 10.9. The number of carbonyl (C=O) groups excluding carboxylic acids is 3. The van der Waals surface area contributed by atoms with Crippen molar-refractivity contribution in [1.82, 2.24) is 14.8 Å². The van der Waals surface area contributed by atoms with Gasteiger partial charge in [-0.25, -0.2) is 9.59 Å². The molecule has 0 radical (unpaired) electrons. The Hall–Kier alpha value is -3.18. The van der Waals surface area contributed by atoms with Crippen molar-refractivity contribution in [3.05, 3.63) is 45.1 Å². The van der Waals surface area contributed by atoms with Crippen LogP contribution in [0.3, 0.4) is 0 Å². The number of carbonyl (C=O) groups is 3. The average molecular weight is 503 g/mol. The van der Waals surface area contributed by atoms with Crippen molar-refractivity contribution in [2.24, 2.45) is 0 Å². The summed E-state index contributed by atoms with van der Waals surface area (Å²) in [7, 11) is 2.49. The number of rotatable bonds is 8. The van der Waals surface area contributed by atoms with Gasteiger partial charge in [0.05, 0.1) is 36.8 Å². The molecular weight excluding hydrogens is 476 g/mol. The van der Waals surface area contributed by atoms with Crippen molar-refractivity contribution in [2.45, 2.75) is 38.9 Å². The number of hydrogen-bond donors (Lipinski definition) is 1. The summed E-state index contributed by atoms with van der Waals surface area (Å²) in [5, 5.41) is 14.1. The fourth-order valence-electron chi connectivity index (χ4n) is 3.26. The number of aromatic nitrogens is 3. The Morgan fingerprint density at radius 2 is 1.82 bits per heavy atom. The zero-order valence-corrected chi connectivity index (χ0v) is 21.4. The zero-order valence-electron chi connectivity index (χ0n) is 19.8. The van der Waals surface area contributed by atoms with Crippen molar-refractivity contribution < 1.29 is 23.9 Å². The van der Waals surface area contributed by atoms with Crippen LogP contribution in [0.1, 0.15) is 51.0 Å². The van der Waals surface area contributed by atoms with Crippen LogP contribution in [0.2, 0.25) is 0 Å². The second-order valence-electron chi connectivity index (χ2n) is 7.68. The number of nitrogens with zero attached hydrogens (tertiary/aromatic N) is 3. The molecule has 3 aromatic rings. The molecule has 180 valence electrons. The first kappa shape index (κ1) is 25.4. The van der Waals surface area contributed by atoms with Crippen molar-refractivity contribution in [1.29, 1.82) is 0 Å². The Kier molecular flexibility index (Phi) is 8.11. The molecule has 0 saturated carbocycles. The van der Waals surface area contributed by atoms with Crippen molar-refractivity contribution in [3.63, 3.8) is 0 Å². The summed E-state index contributed by atoms with van der Waals surface area (Å²) >= 11 is 2.90. The number of anilines is 1. The number of hydrogen-bond acceptors (Lipinski definition) is 9. The SMILES string of the molecule is COC(=O)c1ccc(C(=O)OC)c(NC(=O)CSc2nnc(-c3csc(C)c3C)n2C(C)C)c1. The van der Waals surface area contributed by atoms with Crippen LogP contribution in [0.25, 0.3) is 11.4 Å². The molecule has 0 saturated heterocycles. The maximum absolute atomic E-state index is 12.8. The first-order valence-corrected chi connectivity index (χ1v) is 12.3. The molecule has 2 heterocycles. The number of esters is 2. The molecule has 0 spiro atoms. The van der Waals surface area contributed by atoms with Crippen LogP contribution in [0, 0.1) is 13.8 Å². The van der Waals surface area contributed by atoms with E-state index in [1.165, 1.54) is 49.1 Å². The number of thiophene rings is 1. The van der Waals surface area contributed by atoms with Crippen LogP contribution in [-0.2, 0) is 14.3 Å². The number of methoxy groups -OCH3 is 2. The molecule has 1 amide bonds. The van der Waals surface area contributed by atoms with E-state index in [2.05, 4.69) is 34.7 Å². The lowest BCUT2D eigenvalue weighted by molar-refractivity contribution is -0.113. The second-order valence-corrected chi connectivity index (χ2v) is 9.71. The molecule has 0 aliphatic heterocycles. The van der Waals surface area contributed by atoms with Gasteiger partial charge in [0, 0.05) is 21.9 Å². The van der Waals surface area contributed by atoms with Gasteiger partial charge in [-0.1, -0.05) is 11.8 Å². The van der Waals surface area contributed by atoms with E-state index in [9.17, 15) is 14.4 Å². The van der Waals surface area contributed by atoms with Gasteiger partial charge in [-0.2, -0.15) is 0 Å². The molecular formula is C23H26N4O5S2. The minimum Gasteiger partial charge on any atom is -0.465 e. The van der Waals surface area contributed by atoms with Gasteiger partial charge >= 0.3 is 11.9 Å². The zero-order chi connectivity index (χ0) is 25.0. The number of ether oxygens (including phenoxy) is 2. The van der Waals surface area contributed by atoms with Gasteiger partial charge < -0.3 is 14.8 Å². The van der Waals surface area contributed by atoms with E-state index < -0.39 is 11.9 Å². The van der Waals surface area contributed by atoms with Gasteiger partial charge in [0.2, 0.25) is 5.91 Å². The summed E-state index contributed by atoms with van der Waals surface area (Å²) in [6.07, 6.45) is 0. The van der Waals surface area contributed by atoms with Crippen LogP contribution >= 0.6 is 23.1 Å². The summed E-state index contributed by atoms with van der Waals surface area (Å²) in [5.74, 6) is -0.809. The first-order chi connectivity index (χ1) is 16.2. The quantitative estimate of drug-likeness (QED) is 0.354. The average Bonchev–Trinajstić information content (AvgIpc) is 3.39. The third kappa shape index (κ3) is 5.31. The van der Waals surface area contributed by atoms with E-state index in [-0.39, 0.29) is 34.5 Å². The van der Waals surface area contributed by atoms with Gasteiger partial charge in [0.15, 0.2) is 11.0 Å². The van der Waals surface area contributed by atoms with E-state index in [0.717, 1.165) is 17.0 Å². The molecule has 0 atom stereocenters. The molecule has 0 aliphatic carbocycles. The molecule has 11 heteroatoms. The highest BCUT2D eigenvalue weighted by atomic mass is 32.2. The molecule has 9 nitrogen and oxygen atoms in total. The smallest absolute Gasteiger partial charge is 0.339 e. The summed E-state index contributed by atoms with van der Waals surface area (Å²) < 4.78 is 11.5. The largest absolute Gasteiger partial charge is 0.465 e. The van der Waals surface area contributed by atoms with E-state index in [1.807, 2.05) is 18.4 Å². The topological polar surface area (TPSA) is 112 Å². The number of aryl methyl sites for hydroxylation is 1. The molecule has 2 aromatic heterocycles. The monoisotopic (exact) mass is 502 g/mol. The molecule has 3 rings (SSSR count). The molecule has 1 aromatic carbocycles. The summed E-state index contributed by atoms with van der Waals surface area (Å²) in [5.41, 5.74) is 2.68. The minimum absolute atomic E-state index is 0.0234. The standard InChI is InChI=1S/C23H26N4O5S2/c1-12(2)27-20(17-10-33-14(4)13(17)3)25-26-23(27)34-11-19(28)24-18-9-15(21(29)31-5)7-8-16(18)22(30)32-6/h7-10,12H,11H2,1-6H3,(H,24,28). The Morgan fingerprint density at radius 3 is 2.41 bits per heavy atom. The lowest BCUT2D eigenvalue weighted by atomic mass is 10.1. The Morgan fingerprint density at radius 1 is 1.12 bits per heavy atom. The van der Waals surface area contributed by atoms with Crippen LogP contribution < -0.4 is 5.32 Å². The van der Waals surface area contributed by atoms with Crippen LogP contribution in [0.4, 0.5) is 5.69 Å². The van der Waals surface area contributed by atoms with Crippen molar-refractivity contribution in [2.75, 3.05) is 25.3 Å². The van der Waals surface area contributed by atoms with Crippen LogP contribution in [0.15, 0.2) is 28.7 Å². The number of benzene rings is 1. The molecule has 1 N–H and O–H groups in total. The highest BCUT2D eigenvalue weighted by molar-refractivity contribution is 7.99. The highest BCUT2D eigenvalue weighted by Crippen LogP contribution is 2.33. The van der Waals surface area contributed by atoms with Crippen molar-refractivity contribution >= 4 is 46.6 Å². The summed E-state index contributed by atoms with van der Waals surface area (Å²) in [6.45, 7) is 8.19. The Labute approximate surface area is 205 Å². The number of nitrogens with one attached hydrogen (secondary N) is 1. The van der Waals surface area contributed by atoms with E-state index in [1.54, 1.807) is 11.3 Å². The fraction of sp³-hybridized carbons (Fsp3) is 0.348. The summed E-state index contributed by atoms with van der Waals surface area (Å²) in [4.78, 5) is 38.0. The van der Waals surface area contributed by atoms with E-state index in [0.29, 0.717) is 5.16 Å². The molecule has 0 aliphatic rings. The van der Waals surface area contributed by atoms with E-state index >= 15 is 0 Å².